The van der Waals surface area contributed by atoms with Crippen molar-refractivity contribution in [3.05, 3.63) is 11.6 Å². The van der Waals surface area contributed by atoms with Crippen LogP contribution in [0.15, 0.2) is 0 Å². The lowest BCUT2D eigenvalue weighted by molar-refractivity contribution is 0.254. The number of hydrogen-bond donors (Lipinski definition) is 0. The van der Waals surface area contributed by atoms with Gasteiger partial charge < -0.3 is 4.57 Å². The summed E-state index contributed by atoms with van der Waals surface area (Å²) in [5.74, 6) is 3.11. The first-order valence-corrected chi connectivity index (χ1v) is 6.95. The minimum Gasteiger partial charge on any atom is -0.311 e. The summed E-state index contributed by atoms with van der Waals surface area (Å²) in [7, 11) is 0. The predicted molar refractivity (Wildman–Crippen MR) is 70.2 cm³/mol. The first kappa shape index (κ1) is 12.9. The van der Waals surface area contributed by atoms with Crippen molar-refractivity contribution in [2.75, 3.05) is 0 Å². The van der Waals surface area contributed by atoms with Crippen molar-refractivity contribution in [1.29, 1.82) is 0 Å². The van der Waals surface area contributed by atoms with Crippen LogP contribution >= 0.6 is 11.6 Å². The Morgan fingerprint density at radius 2 is 1.88 bits per heavy atom. The third-order valence-electron chi connectivity index (χ3n) is 3.84. The van der Waals surface area contributed by atoms with Gasteiger partial charge in [0.25, 0.3) is 0 Å². The van der Waals surface area contributed by atoms with Crippen molar-refractivity contribution >= 4 is 11.6 Å². The molecule has 4 heteroatoms. The van der Waals surface area contributed by atoms with Crippen LogP contribution in [0, 0.1) is 11.3 Å². The molecule has 1 saturated carbocycles. The zero-order valence-electron chi connectivity index (χ0n) is 11.2. The van der Waals surface area contributed by atoms with Crippen LogP contribution in [0.25, 0.3) is 0 Å². The Kier molecular flexibility index (Phi) is 3.48. The monoisotopic (exact) mass is 255 g/mol. The van der Waals surface area contributed by atoms with E-state index in [1.54, 1.807) is 0 Å². The first-order valence-electron chi connectivity index (χ1n) is 6.42. The normalized spacial score (nSPS) is 18.4. The van der Waals surface area contributed by atoms with E-state index in [1.807, 2.05) is 0 Å². The second-order valence-corrected chi connectivity index (χ2v) is 6.51. The summed E-state index contributed by atoms with van der Waals surface area (Å²) in [6.07, 6.45) is 3.49. The molecule has 0 aliphatic heterocycles. The average molecular weight is 256 g/mol. The van der Waals surface area contributed by atoms with Crippen molar-refractivity contribution < 1.29 is 0 Å². The van der Waals surface area contributed by atoms with Gasteiger partial charge in [0, 0.05) is 12.5 Å². The maximum absolute atomic E-state index is 5.92. The molecule has 1 aliphatic rings. The van der Waals surface area contributed by atoms with E-state index < -0.39 is 0 Å². The minimum absolute atomic E-state index is 0.307. The van der Waals surface area contributed by atoms with Crippen molar-refractivity contribution in [2.24, 2.45) is 11.3 Å². The molecule has 1 unspecified atom stereocenters. The van der Waals surface area contributed by atoms with Crippen LogP contribution in [-0.2, 0) is 12.3 Å². The second kappa shape index (κ2) is 4.60. The maximum atomic E-state index is 5.92. The third-order valence-corrected chi connectivity index (χ3v) is 4.07. The topological polar surface area (TPSA) is 30.7 Å². The summed E-state index contributed by atoms with van der Waals surface area (Å²) in [5, 5.41) is 8.54. The zero-order valence-corrected chi connectivity index (χ0v) is 12.0. The molecule has 1 aromatic heterocycles. The number of alkyl halides is 1. The van der Waals surface area contributed by atoms with E-state index in [0.29, 0.717) is 23.3 Å². The van der Waals surface area contributed by atoms with E-state index in [2.05, 4.69) is 42.5 Å². The van der Waals surface area contributed by atoms with Gasteiger partial charge in [0.05, 0.1) is 5.88 Å². The van der Waals surface area contributed by atoms with Crippen molar-refractivity contribution in [1.82, 2.24) is 14.8 Å². The highest BCUT2D eigenvalue weighted by Gasteiger charge is 2.31. The van der Waals surface area contributed by atoms with E-state index in [1.165, 1.54) is 12.8 Å². The van der Waals surface area contributed by atoms with E-state index in [0.717, 1.165) is 18.1 Å². The van der Waals surface area contributed by atoms with Gasteiger partial charge in [-0.05, 0) is 24.2 Å². The standard InChI is InChI=1S/C13H22ClN3/c1-9(13(2,3)4)7-11-15-16-12(8-14)17(11)10-5-6-10/h9-10H,5-8H2,1-4H3. The summed E-state index contributed by atoms with van der Waals surface area (Å²) in [4.78, 5) is 0. The van der Waals surface area contributed by atoms with Gasteiger partial charge in [-0.1, -0.05) is 27.7 Å². The Labute approximate surface area is 109 Å². The van der Waals surface area contributed by atoms with Gasteiger partial charge in [-0.3, -0.25) is 0 Å². The van der Waals surface area contributed by atoms with Gasteiger partial charge in [0.15, 0.2) is 0 Å². The largest absolute Gasteiger partial charge is 0.311 e. The summed E-state index contributed by atoms with van der Waals surface area (Å²) >= 11 is 5.92. The van der Waals surface area contributed by atoms with Crippen LogP contribution in [0.4, 0.5) is 0 Å². The molecule has 0 spiro atoms. The molecule has 3 nitrogen and oxygen atoms in total. The molecular weight excluding hydrogens is 234 g/mol. The molecule has 0 saturated heterocycles. The highest BCUT2D eigenvalue weighted by molar-refractivity contribution is 6.16. The van der Waals surface area contributed by atoms with Crippen LogP contribution < -0.4 is 0 Å². The molecule has 17 heavy (non-hydrogen) atoms. The Morgan fingerprint density at radius 3 is 2.35 bits per heavy atom. The zero-order chi connectivity index (χ0) is 12.6. The van der Waals surface area contributed by atoms with Crippen LogP contribution in [0.1, 0.15) is 58.2 Å². The molecule has 1 aliphatic carbocycles. The van der Waals surface area contributed by atoms with Gasteiger partial charge in [0.2, 0.25) is 0 Å². The number of hydrogen-bond acceptors (Lipinski definition) is 2. The molecule has 2 rings (SSSR count). The predicted octanol–water partition coefficient (Wildman–Crippen LogP) is 3.58. The molecule has 1 heterocycles. The van der Waals surface area contributed by atoms with Crippen LogP contribution in [-0.4, -0.2) is 14.8 Å². The van der Waals surface area contributed by atoms with Gasteiger partial charge in [-0.15, -0.1) is 21.8 Å². The van der Waals surface area contributed by atoms with E-state index in [-0.39, 0.29) is 0 Å². The Hall–Kier alpha value is -0.570. The number of aromatic nitrogens is 3. The molecule has 1 fully saturated rings. The fraction of sp³-hybridized carbons (Fsp3) is 0.846. The Bertz CT molecular complexity index is 388. The second-order valence-electron chi connectivity index (χ2n) is 6.24. The number of halogens is 1. The molecule has 1 aromatic rings. The van der Waals surface area contributed by atoms with Crippen molar-refractivity contribution in [2.45, 2.75) is 58.9 Å². The van der Waals surface area contributed by atoms with E-state index >= 15 is 0 Å². The fourth-order valence-corrected chi connectivity index (χ4v) is 2.11. The molecular formula is C13H22ClN3. The smallest absolute Gasteiger partial charge is 0.148 e. The average Bonchev–Trinajstić information content (AvgIpc) is 2.99. The Balaban J connectivity index is 2.18. The van der Waals surface area contributed by atoms with Crippen molar-refractivity contribution in [3.63, 3.8) is 0 Å². The maximum Gasteiger partial charge on any atom is 0.148 e. The van der Waals surface area contributed by atoms with Crippen LogP contribution in [0.2, 0.25) is 0 Å². The van der Waals surface area contributed by atoms with Crippen LogP contribution in [0.3, 0.4) is 0 Å². The summed E-state index contributed by atoms with van der Waals surface area (Å²) < 4.78 is 2.27. The van der Waals surface area contributed by atoms with Crippen molar-refractivity contribution in [3.8, 4) is 0 Å². The summed E-state index contributed by atoms with van der Waals surface area (Å²) in [6.45, 7) is 9.11. The third kappa shape index (κ3) is 2.82. The molecule has 0 radical (unpaired) electrons. The molecule has 0 amide bonds. The van der Waals surface area contributed by atoms with Gasteiger partial charge in [-0.25, -0.2) is 0 Å². The highest BCUT2D eigenvalue weighted by Crippen LogP contribution is 2.38. The van der Waals surface area contributed by atoms with Gasteiger partial charge in [-0.2, -0.15) is 0 Å². The molecule has 0 N–H and O–H groups in total. The SMILES string of the molecule is CC(Cc1nnc(CCl)n1C1CC1)C(C)(C)C. The Morgan fingerprint density at radius 1 is 1.29 bits per heavy atom. The fourth-order valence-electron chi connectivity index (χ4n) is 1.93. The van der Waals surface area contributed by atoms with Gasteiger partial charge >= 0.3 is 0 Å². The number of nitrogens with zero attached hydrogens (tertiary/aromatic N) is 3. The lowest BCUT2D eigenvalue weighted by atomic mass is 9.80. The first-order chi connectivity index (χ1) is 7.93. The highest BCUT2D eigenvalue weighted by atomic mass is 35.5. The number of rotatable bonds is 4. The van der Waals surface area contributed by atoms with Crippen LogP contribution in [0.5, 0.6) is 0 Å². The molecule has 1 atom stereocenters. The van der Waals surface area contributed by atoms with E-state index in [9.17, 15) is 0 Å². The minimum atomic E-state index is 0.307. The van der Waals surface area contributed by atoms with E-state index in [4.69, 9.17) is 11.6 Å². The lowest BCUT2D eigenvalue weighted by Crippen LogP contribution is -2.21. The quantitative estimate of drug-likeness (QED) is 0.770. The van der Waals surface area contributed by atoms with Gasteiger partial charge in [0.1, 0.15) is 11.6 Å². The molecule has 0 aromatic carbocycles. The summed E-state index contributed by atoms with van der Waals surface area (Å²) in [5.41, 5.74) is 0.307. The molecule has 0 bridgehead atoms. The molecule has 96 valence electrons. The summed E-state index contributed by atoms with van der Waals surface area (Å²) in [6, 6.07) is 0.612. The lowest BCUT2D eigenvalue weighted by Gasteiger charge is -2.27.